The van der Waals surface area contributed by atoms with Gasteiger partial charge in [0.15, 0.2) is 10.9 Å². The molecule has 0 aliphatic rings. The number of nitrogens with one attached hydrogen (secondary N) is 3. The number of benzene rings is 2. The van der Waals surface area contributed by atoms with Crippen molar-refractivity contribution in [2.75, 3.05) is 10.6 Å². The lowest BCUT2D eigenvalue weighted by Gasteiger charge is -2.11. The van der Waals surface area contributed by atoms with Crippen molar-refractivity contribution in [1.29, 1.82) is 0 Å². The number of rotatable bonds is 4. The number of hydrogen-bond donors (Lipinski definition) is 4. The Balaban J connectivity index is 1.80. The number of aliphatic imine (C=N–C) groups is 1. The third-order valence-corrected chi connectivity index (χ3v) is 4.26. The fraction of sp³-hybridized carbons (Fsp3) is 0. The van der Waals surface area contributed by atoms with Crippen LogP contribution in [-0.2, 0) is 0 Å². The smallest absolute Gasteiger partial charge is 0.175 e. The van der Waals surface area contributed by atoms with E-state index in [0.29, 0.717) is 22.1 Å². The number of hydroxylamine groups is 1. The summed E-state index contributed by atoms with van der Waals surface area (Å²) in [5.74, 6) is -0.303. The van der Waals surface area contributed by atoms with E-state index in [4.69, 9.17) is 16.6 Å². The van der Waals surface area contributed by atoms with Gasteiger partial charge in [-0.15, -0.1) is 0 Å². The van der Waals surface area contributed by atoms with Crippen LogP contribution in [0.3, 0.4) is 0 Å². The molecular weight excluding hydrogens is 435 g/mol. The zero-order valence-electron chi connectivity index (χ0n) is 13.7. The minimum atomic E-state index is -0.407. The van der Waals surface area contributed by atoms with Gasteiger partial charge in [0, 0.05) is 5.69 Å². The number of anilines is 2. The number of para-hydroxylation sites is 1. The highest BCUT2D eigenvalue weighted by Gasteiger charge is 2.14. The standard InChI is InChI=1S/C18H14BrFN4O2S/c19-14-8-12(6-7-15(14)20)21-17(24-25)13-9-26-10-16(13)23-18(27)22-11-4-2-1-3-5-11/h1-10,25H,(H,21,24)(H2,22,23,27). The SMILES string of the molecule is ONC(=Nc1ccc(F)c(Br)c1)c1cocc1NC(=S)Nc1ccccc1. The van der Waals surface area contributed by atoms with Crippen molar-refractivity contribution < 1.29 is 14.0 Å². The van der Waals surface area contributed by atoms with Gasteiger partial charge in [-0.2, -0.15) is 0 Å². The van der Waals surface area contributed by atoms with E-state index >= 15 is 0 Å². The van der Waals surface area contributed by atoms with Crippen LogP contribution in [-0.4, -0.2) is 16.2 Å². The van der Waals surface area contributed by atoms with Gasteiger partial charge in [0.25, 0.3) is 0 Å². The summed E-state index contributed by atoms with van der Waals surface area (Å²) in [6.45, 7) is 0. The van der Waals surface area contributed by atoms with Gasteiger partial charge in [0.1, 0.15) is 18.3 Å². The molecule has 0 atom stereocenters. The quantitative estimate of drug-likeness (QED) is 0.193. The Labute approximate surface area is 168 Å². The van der Waals surface area contributed by atoms with E-state index in [-0.39, 0.29) is 10.3 Å². The topological polar surface area (TPSA) is 81.8 Å². The zero-order valence-corrected chi connectivity index (χ0v) is 16.1. The average molecular weight is 449 g/mol. The Hall–Kier alpha value is -2.75. The van der Waals surface area contributed by atoms with Crippen molar-refractivity contribution in [2.45, 2.75) is 0 Å². The van der Waals surface area contributed by atoms with Crippen LogP contribution in [0.25, 0.3) is 0 Å². The van der Waals surface area contributed by atoms with E-state index in [2.05, 4.69) is 31.6 Å². The highest BCUT2D eigenvalue weighted by Crippen LogP contribution is 2.24. The predicted octanol–water partition coefficient (Wildman–Crippen LogP) is 5.05. The molecule has 27 heavy (non-hydrogen) atoms. The Morgan fingerprint density at radius 1 is 1.11 bits per heavy atom. The number of halogens is 2. The molecule has 1 heterocycles. The molecule has 3 aromatic rings. The van der Waals surface area contributed by atoms with Crippen molar-refractivity contribution in [3.8, 4) is 0 Å². The van der Waals surface area contributed by atoms with Crippen molar-refractivity contribution >= 4 is 56.2 Å². The number of hydrogen-bond acceptors (Lipinski definition) is 4. The van der Waals surface area contributed by atoms with Crippen molar-refractivity contribution in [1.82, 2.24) is 5.48 Å². The molecule has 9 heteroatoms. The lowest BCUT2D eigenvalue weighted by Crippen LogP contribution is -2.24. The largest absolute Gasteiger partial charge is 0.470 e. The summed E-state index contributed by atoms with van der Waals surface area (Å²) in [5, 5.41) is 15.9. The monoisotopic (exact) mass is 448 g/mol. The normalized spacial score (nSPS) is 11.1. The van der Waals surface area contributed by atoms with E-state index in [0.717, 1.165) is 5.69 Å². The molecule has 3 rings (SSSR count). The van der Waals surface area contributed by atoms with Crippen LogP contribution >= 0.6 is 28.1 Å². The zero-order chi connectivity index (χ0) is 19.2. The van der Waals surface area contributed by atoms with Crippen molar-refractivity contribution in [3.63, 3.8) is 0 Å². The molecule has 0 bridgehead atoms. The molecule has 0 amide bonds. The molecule has 0 aliphatic heterocycles. The Bertz CT molecular complexity index is 979. The van der Waals surface area contributed by atoms with E-state index < -0.39 is 5.82 Å². The van der Waals surface area contributed by atoms with Gasteiger partial charge in [0.2, 0.25) is 0 Å². The highest BCUT2D eigenvalue weighted by molar-refractivity contribution is 9.10. The lowest BCUT2D eigenvalue weighted by atomic mass is 10.2. The van der Waals surface area contributed by atoms with Crippen LogP contribution in [0.4, 0.5) is 21.5 Å². The summed E-state index contributed by atoms with van der Waals surface area (Å²) in [7, 11) is 0. The molecule has 6 nitrogen and oxygen atoms in total. The van der Waals surface area contributed by atoms with Gasteiger partial charge in [-0.25, -0.2) is 9.38 Å². The van der Waals surface area contributed by atoms with Gasteiger partial charge in [0.05, 0.1) is 21.4 Å². The molecule has 0 radical (unpaired) electrons. The van der Waals surface area contributed by atoms with Crippen LogP contribution in [0.5, 0.6) is 0 Å². The summed E-state index contributed by atoms with van der Waals surface area (Å²) in [6.07, 6.45) is 2.83. The van der Waals surface area contributed by atoms with E-state index in [9.17, 15) is 9.60 Å². The van der Waals surface area contributed by atoms with Crippen LogP contribution in [0, 0.1) is 5.82 Å². The molecule has 0 unspecified atom stereocenters. The first-order valence-corrected chi connectivity index (χ1v) is 8.90. The Kier molecular flexibility index (Phi) is 6.17. The summed E-state index contributed by atoms with van der Waals surface area (Å²) in [4.78, 5) is 4.27. The Morgan fingerprint density at radius 2 is 1.89 bits per heavy atom. The number of thiocarbonyl (C=S) groups is 1. The summed E-state index contributed by atoms with van der Waals surface area (Å²) in [6, 6.07) is 13.7. The van der Waals surface area contributed by atoms with Gasteiger partial charge in [-0.05, 0) is 58.5 Å². The molecule has 4 N–H and O–H groups in total. The molecule has 0 fully saturated rings. The summed E-state index contributed by atoms with van der Waals surface area (Å²) in [5.41, 5.74) is 4.21. The third kappa shape index (κ3) is 4.91. The highest BCUT2D eigenvalue weighted by atomic mass is 79.9. The second-order valence-corrected chi connectivity index (χ2v) is 6.58. The van der Waals surface area contributed by atoms with E-state index in [1.807, 2.05) is 35.8 Å². The molecule has 138 valence electrons. The lowest BCUT2D eigenvalue weighted by molar-refractivity contribution is 0.235. The van der Waals surface area contributed by atoms with Crippen LogP contribution < -0.4 is 16.1 Å². The second kappa shape index (κ2) is 8.76. The number of nitrogens with zero attached hydrogens (tertiary/aromatic N) is 1. The molecule has 0 saturated carbocycles. The summed E-state index contributed by atoms with van der Waals surface area (Å²) < 4.78 is 18.8. The van der Waals surface area contributed by atoms with Crippen LogP contribution in [0.1, 0.15) is 5.56 Å². The maximum atomic E-state index is 13.4. The fourth-order valence-corrected chi connectivity index (χ4v) is 2.81. The molecule has 2 aromatic carbocycles. The number of furan rings is 1. The first-order valence-electron chi connectivity index (χ1n) is 7.70. The first-order chi connectivity index (χ1) is 13.1. The summed E-state index contributed by atoms with van der Waals surface area (Å²) >= 11 is 8.40. The Morgan fingerprint density at radius 3 is 2.59 bits per heavy atom. The third-order valence-electron chi connectivity index (χ3n) is 3.45. The van der Waals surface area contributed by atoms with E-state index in [1.165, 1.54) is 30.7 Å². The van der Waals surface area contributed by atoms with Crippen molar-refractivity contribution in [2.24, 2.45) is 4.99 Å². The minimum Gasteiger partial charge on any atom is -0.470 e. The maximum Gasteiger partial charge on any atom is 0.175 e. The molecule has 0 spiro atoms. The number of amidine groups is 1. The van der Waals surface area contributed by atoms with Crippen LogP contribution in [0.15, 0.2) is 74.9 Å². The molecule has 1 aromatic heterocycles. The van der Waals surface area contributed by atoms with Gasteiger partial charge in [-0.1, -0.05) is 18.2 Å². The van der Waals surface area contributed by atoms with E-state index in [1.54, 1.807) is 0 Å². The van der Waals surface area contributed by atoms with Gasteiger partial charge >= 0.3 is 0 Å². The predicted molar refractivity (Wildman–Crippen MR) is 110 cm³/mol. The minimum absolute atomic E-state index is 0.104. The van der Waals surface area contributed by atoms with Crippen molar-refractivity contribution in [3.05, 3.63) is 76.9 Å². The van der Waals surface area contributed by atoms with Gasteiger partial charge in [-0.3, -0.25) is 10.7 Å². The maximum absolute atomic E-state index is 13.4. The first kappa shape index (κ1) is 19.0. The fourth-order valence-electron chi connectivity index (χ4n) is 2.21. The second-order valence-electron chi connectivity index (χ2n) is 5.31. The van der Waals surface area contributed by atoms with Gasteiger partial charge < -0.3 is 15.1 Å². The molecular formula is C18H14BrFN4O2S. The molecule has 0 saturated heterocycles. The van der Waals surface area contributed by atoms with Crippen LogP contribution in [0.2, 0.25) is 0 Å². The average Bonchev–Trinajstić information content (AvgIpc) is 3.11. The molecule has 0 aliphatic carbocycles.